The van der Waals surface area contributed by atoms with Crippen LogP contribution in [0, 0.1) is 5.82 Å². The van der Waals surface area contributed by atoms with Gasteiger partial charge in [-0.05, 0) is 42.5 Å². The fourth-order valence-electron chi connectivity index (χ4n) is 2.53. The van der Waals surface area contributed by atoms with Crippen molar-refractivity contribution in [2.24, 2.45) is 4.99 Å². The van der Waals surface area contributed by atoms with Crippen LogP contribution in [0.3, 0.4) is 0 Å². The van der Waals surface area contributed by atoms with Crippen molar-refractivity contribution in [3.05, 3.63) is 59.9 Å². The van der Waals surface area contributed by atoms with Crippen molar-refractivity contribution in [3.8, 4) is 0 Å². The largest absolute Gasteiger partial charge is 0.478 e. The van der Waals surface area contributed by atoms with Gasteiger partial charge in [0.05, 0.1) is 11.3 Å². The van der Waals surface area contributed by atoms with E-state index in [1.165, 1.54) is 47.4 Å². The standard InChI is InChI=1S/C19H16FN3O4S/c1-23-17(25)15(28-19(23)22-13-7-5-12(20)6-8-13)10-16(24)21-14-4-2-3-11(9-14)18(26)27/h2-9,15H,10H2,1H3,(H,21,24)(H,26,27). The van der Waals surface area contributed by atoms with Gasteiger partial charge in [-0.2, -0.15) is 0 Å². The van der Waals surface area contributed by atoms with Crippen molar-refractivity contribution in [2.45, 2.75) is 11.7 Å². The molecular weight excluding hydrogens is 385 g/mol. The van der Waals surface area contributed by atoms with E-state index < -0.39 is 17.1 Å². The van der Waals surface area contributed by atoms with E-state index in [0.717, 1.165) is 11.8 Å². The number of carboxylic acids is 1. The monoisotopic (exact) mass is 401 g/mol. The maximum atomic E-state index is 13.0. The van der Waals surface area contributed by atoms with Crippen LogP contribution in [-0.4, -0.2) is 45.3 Å². The lowest BCUT2D eigenvalue weighted by Crippen LogP contribution is -2.30. The summed E-state index contributed by atoms with van der Waals surface area (Å²) in [4.78, 5) is 41.4. The van der Waals surface area contributed by atoms with Gasteiger partial charge in [-0.3, -0.25) is 14.5 Å². The number of anilines is 1. The Morgan fingerprint density at radius 1 is 1.25 bits per heavy atom. The highest BCUT2D eigenvalue weighted by molar-refractivity contribution is 8.15. The van der Waals surface area contributed by atoms with Gasteiger partial charge in [-0.1, -0.05) is 17.8 Å². The van der Waals surface area contributed by atoms with Gasteiger partial charge in [-0.25, -0.2) is 14.2 Å². The molecule has 3 rings (SSSR count). The highest BCUT2D eigenvalue weighted by Crippen LogP contribution is 2.30. The van der Waals surface area contributed by atoms with Crippen molar-refractivity contribution in [2.75, 3.05) is 12.4 Å². The van der Waals surface area contributed by atoms with Crippen LogP contribution in [0.1, 0.15) is 16.8 Å². The number of rotatable bonds is 5. The summed E-state index contributed by atoms with van der Waals surface area (Å²) in [7, 11) is 1.56. The highest BCUT2D eigenvalue weighted by Gasteiger charge is 2.37. The van der Waals surface area contributed by atoms with E-state index in [9.17, 15) is 18.8 Å². The number of benzene rings is 2. The minimum absolute atomic E-state index is 0.0533. The summed E-state index contributed by atoms with van der Waals surface area (Å²) < 4.78 is 13.0. The second-order valence-corrected chi connectivity index (χ2v) is 7.18. The number of amidine groups is 1. The van der Waals surface area contributed by atoms with Crippen LogP contribution in [0.15, 0.2) is 53.5 Å². The molecule has 1 unspecified atom stereocenters. The molecule has 0 bridgehead atoms. The molecule has 1 heterocycles. The minimum Gasteiger partial charge on any atom is -0.478 e. The van der Waals surface area contributed by atoms with Crippen LogP contribution in [0.2, 0.25) is 0 Å². The lowest BCUT2D eigenvalue weighted by atomic mass is 10.2. The predicted octanol–water partition coefficient (Wildman–Crippen LogP) is 3.11. The number of aliphatic imine (C=N–C) groups is 1. The Labute approximate surface area is 164 Å². The maximum Gasteiger partial charge on any atom is 0.335 e. The summed E-state index contributed by atoms with van der Waals surface area (Å²) >= 11 is 1.15. The first-order chi connectivity index (χ1) is 13.3. The molecule has 2 amide bonds. The molecule has 2 N–H and O–H groups in total. The Hall–Kier alpha value is -3.20. The maximum absolute atomic E-state index is 13.0. The van der Waals surface area contributed by atoms with E-state index in [4.69, 9.17) is 5.11 Å². The van der Waals surface area contributed by atoms with Crippen molar-refractivity contribution in [1.29, 1.82) is 0 Å². The van der Waals surface area contributed by atoms with Gasteiger partial charge in [0.1, 0.15) is 11.1 Å². The fourth-order valence-corrected chi connectivity index (χ4v) is 3.69. The number of hydrogen-bond donors (Lipinski definition) is 2. The zero-order chi connectivity index (χ0) is 20.3. The van der Waals surface area contributed by atoms with E-state index in [1.54, 1.807) is 13.1 Å². The van der Waals surface area contributed by atoms with E-state index in [1.807, 2.05) is 0 Å². The minimum atomic E-state index is -1.10. The third kappa shape index (κ3) is 4.55. The molecule has 1 atom stereocenters. The van der Waals surface area contributed by atoms with Crippen molar-refractivity contribution in [3.63, 3.8) is 0 Å². The van der Waals surface area contributed by atoms with Crippen molar-refractivity contribution >= 4 is 46.1 Å². The van der Waals surface area contributed by atoms with Gasteiger partial charge in [0.2, 0.25) is 11.8 Å². The molecule has 7 nitrogen and oxygen atoms in total. The molecule has 0 aromatic heterocycles. The summed E-state index contributed by atoms with van der Waals surface area (Å²) in [6.45, 7) is 0. The van der Waals surface area contributed by atoms with Gasteiger partial charge in [0.15, 0.2) is 5.17 Å². The summed E-state index contributed by atoms with van der Waals surface area (Å²) in [5.41, 5.74) is 0.894. The quantitative estimate of drug-likeness (QED) is 0.802. The third-order valence-corrected chi connectivity index (χ3v) is 5.18. The van der Waals surface area contributed by atoms with Crippen LogP contribution in [0.4, 0.5) is 15.8 Å². The summed E-state index contributed by atoms with van der Waals surface area (Å²) in [6, 6.07) is 11.4. The zero-order valence-corrected chi connectivity index (χ0v) is 15.6. The fraction of sp³-hybridized carbons (Fsp3) is 0.158. The number of amides is 2. The Morgan fingerprint density at radius 2 is 1.96 bits per heavy atom. The van der Waals surface area contributed by atoms with Crippen LogP contribution in [-0.2, 0) is 9.59 Å². The molecule has 28 heavy (non-hydrogen) atoms. The van der Waals surface area contributed by atoms with Crippen LogP contribution in [0.25, 0.3) is 0 Å². The molecule has 1 saturated heterocycles. The smallest absolute Gasteiger partial charge is 0.335 e. The number of carboxylic acid groups (broad SMARTS) is 1. The van der Waals surface area contributed by atoms with Crippen LogP contribution >= 0.6 is 11.8 Å². The lowest BCUT2D eigenvalue weighted by Gasteiger charge is -2.09. The van der Waals surface area contributed by atoms with Crippen LogP contribution in [0.5, 0.6) is 0 Å². The molecule has 9 heteroatoms. The Balaban J connectivity index is 1.66. The molecule has 1 aliphatic heterocycles. The number of carbonyl (C=O) groups is 3. The third-order valence-electron chi connectivity index (χ3n) is 3.96. The summed E-state index contributed by atoms with van der Waals surface area (Å²) in [5, 5.41) is 11.4. The van der Waals surface area contributed by atoms with Gasteiger partial charge >= 0.3 is 5.97 Å². The van der Waals surface area contributed by atoms with E-state index in [2.05, 4.69) is 10.3 Å². The van der Waals surface area contributed by atoms with Crippen molar-refractivity contribution < 1.29 is 23.9 Å². The predicted molar refractivity (Wildman–Crippen MR) is 104 cm³/mol. The first kappa shape index (κ1) is 19.6. The molecular formula is C19H16FN3O4S. The number of nitrogens with zero attached hydrogens (tertiary/aromatic N) is 2. The number of aromatic carboxylic acids is 1. The van der Waals surface area contributed by atoms with Crippen LogP contribution < -0.4 is 5.32 Å². The molecule has 0 aliphatic carbocycles. The molecule has 0 saturated carbocycles. The lowest BCUT2D eigenvalue weighted by molar-refractivity contribution is -0.127. The highest BCUT2D eigenvalue weighted by atomic mass is 32.2. The molecule has 2 aromatic rings. The normalized spacial score (nSPS) is 17.8. The van der Waals surface area contributed by atoms with E-state index in [0.29, 0.717) is 16.5 Å². The summed E-state index contributed by atoms with van der Waals surface area (Å²) in [6.07, 6.45) is -0.0897. The number of hydrogen-bond acceptors (Lipinski definition) is 5. The van der Waals surface area contributed by atoms with Gasteiger partial charge < -0.3 is 10.4 Å². The summed E-state index contributed by atoms with van der Waals surface area (Å²) in [5.74, 6) is -2.15. The Kier molecular flexibility index (Phi) is 5.74. The van der Waals surface area contributed by atoms with E-state index >= 15 is 0 Å². The first-order valence-corrected chi connectivity index (χ1v) is 9.13. The molecule has 2 aromatic carbocycles. The SMILES string of the molecule is CN1C(=O)C(CC(=O)Nc2cccc(C(=O)O)c2)SC1=Nc1ccc(F)cc1. The average Bonchev–Trinajstić information content (AvgIpc) is 2.91. The zero-order valence-electron chi connectivity index (χ0n) is 14.8. The number of halogens is 1. The molecule has 144 valence electrons. The number of carbonyl (C=O) groups excluding carboxylic acids is 2. The molecule has 0 spiro atoms. The van der Waals surface area contributed by atoms with Gasteiger partial charge in [0, 0.05) is 19.2 Å². The molecule has 1 fully saturated rings. The van der Waals surface area contributed by atoms with E-state index in [-0.39, 0.29) is 23.7 Å². The molecule has 0 radical (unpaired) electrons. The average molecular weight is 401 g/mol. The van der Waals surface area contributed by atoms with Crippen molar-refractivity contribution in [1.82, 2.24) is 4.90 Å². The Morgan fingerprint density at radius 3 is 2.64 bits per heavy atom. The van der Waals surface area contributed by atoms with Gasteiger partial charge in [-0.15, -0.1) is 0 Å². The second kappa shape index (κ2) is 8.22. The molecule has 1 aliphatic rings. The first-order valence-electron chi connectivity index (χ1n) is 8.25. The number of nitrogens with one attached hydrogen (secondary N) is 1. The van der Waals surface area contributed by atoms with Gasteiger partial charge in [0.25, 0.3) is 0 Å². The topological polar surface area (TPSA) is 99.1 Å². The number of thioether (sulfide) groups is 1. The second-order valence-electron chi connectivity index (χ2n) is 6.01. The Bertz CT molecular complexity index is 962.